The molecule has 2 aromatic carbocycles. The van der Waals surface area contributed by atoms with Crippen LogP contribution >= 0.6 is 11.3 Å². The van der Waals surface area contributed by atoms with Crippen molar-refractivity contribution in [1.82, 2.24) is 4.98 Å². The van der Waals surface area contributed by atoms with E-state index in [4.69, 9.17) is 4.74 Å². The summed E-state index contributed by atoms with van der Waals surface area (Å²) < 4.78 is 5.88. The third kappa shape index (κ3) is 4.16. The van der Waals surface area contributed by atoms with Gasteiger partial charge in [0, 0.05) is 5.56 Å². The van der Waals surface area contributed by atoms with Crippen molar-refractivity contribution >= 4 is 22.4 Å². The minimum atomic E-state index is -1.20. The average Bonchev–Trinajstić information content (AvgIpc) is 3.01. The largest absolute Gasteiger partial charge is 0.544 e. The number of nitrogens with zero attached hydrogens (tertiary/aromatic N) is 1. The second kappa shape index (κ2) is 7.81. The number of ether oxygens (including phenoxy) is 1. The van der Waals surface area contributed by atoms with Crippen molar-refractivity contribution in [3.8, 4) is 16.9 Å². The number of thiazole rings is 1. The summed E-state index contributed by atoms with van der Waals surface area (Å²) in [5, 5.41) is 14.6. The van der Waals surface area contributed by atoms with Crippen LogP contribution < -0.4 is 15.2 Å². The van der Waals surface area contributed by atoms with Gasteiger partial charge < -0.3 is 20.0 Å². The topological polar surface area (TPSA) is 74.3 Å². The number of carbonyl (C=O) groups is 1. The van der Waals surface area contributed by atoms with Crippen LogP contribution in [0.5, 0.6) is 5.75 Å². The number of hydrogen-bond acceptors (Lipinski definition) is 6. The maximum absolute atomic E-state index is 10.9. The lowest BCUT2D eigenvalue weighted by Crippen LogP contribution is -2.21. The van der Waals surface area contributed by atoms with Crippen LogP contribution in [-0.4, -0.2) is 24.1 Å². The van der Waals surface area contributed by atoms with Crippen molar-refractivity contribution in [3.05, 3.63) is 65.2 Å². The molecule has 3 aromatic rings. The van der Waals surface area contributed by atoms with Crippen molar-refractivity contribution < 1.29 is 14.6 Å². The number of benzene rings is 2. The Morgan fingerprint density at radius 1 is 1.16 bits per heavy atom. The Balaban J connectivity index is 1.60. The van der Waals surface area contributed by atoms with E-state index in [1.807, 2.05) is 54.6 Å². The molecule has 0 amide bonds. The molecule has 0 saturated heterocycles. The van der Waals surface area contributed by atoms with Gasteiger partial charge in [-0.1, -0.05) is 59.9 Å². The Labute approximate surface area is 149 Å². The van der Waals surface area contributed by atoms with E-state index in [1.54, 1.807) is 6.92 Å². The molecular formula is C19H17N2O3S-. The van der Waals surface area contributed by atoms with Gasteiger partial charge in [-0.15, -0.1) is 0 Å². The van der Waals surface area contributed by atoms with Gasteiger partial charge in [0.15, 0.2) is 5.13 Å². The van der Waals surface area contributed by atoms with E-state index in [0.717, 1.165) is 28.2 Å². The lowest BCUT2D eigenvalue weighted by Gasteiger charge is -2.12. The predicted molar refractivity (Wildman–Crippen MR) is 97.0 cm³/mol. The highest BCUT2D eigenvalue weighted by Crippen LogP contribution is 2.29. The van der Waals surface area contributed by atoms with Crippen molar-refractivity contribution in [3.63, 3.8) is 0 Å². The summed E-state index contributed by atoms with van der Waals surface area (Å²) >= 11 is 1.07. The summed E-state index contributed by atoms with van der Waals surface area (Å²) in [6, 6.07) is 17.9. The number of carboxylic acids is 1. The summed E-state index contributed by atoms with van der Waals surface area (Å²) in [7, 11) is 0. The Morgan fingerprint density at radius 3 is 2.60 bits per heavy atom. The number of carboxylic acid groups (broad SMARTS) is 1. The normalized spacial score (nSPS) is 10.4. The Kier molecular flexibility index (Phi) is 5.30. The number of aromatic carboxylic acids is 1. The first-order chi connectivity index (χ1) is 12.1. The minimum absolute atomic E-state index is 0.151. The van der Waals surface area contributed by atoms with Crippen LogP contribution in [0.2, 0.25) is 0 Å². The zero-order valence-electron chi connectivity index (χ0n) is 13.7. The summed E-state index contributed by atoms with van der Waals surface area (Å²) in [4.78, 5) is 15.3. The van der Waals surface area contributed by atoms with E-state index in [-0.39, 0.29) is 4.88 Å². The van der Waals surface area contributed by atoms with Crippen molar-refractivity contribution in [1.29, 1.82) is 0 Å². The zero-order chi connectivity index (χ0) is 17.6. The highest BCUT2D eigenvalue weighted by atomic mass is 32.1. The molecule has 1 aromatic heterocycles. The van der Waals surface area contributed by atoms with E-state index >= 15 is 0 Å². The van der Waals surface area contributed by atoms with Crippen molar-refractivity contribution in [2.75, 3.05) is 18.5 Å². The monoisotopic (exact) mass is 353 g/mol. The number of aryl methyl sites for hydroxylation is 1. The highest BCUT2D eigenvalue weighted by molar-refractivity contribution is 7.17. The average molecular weight is 353 g/mol. The van der Waals surface area contributed by atoms with Gasteiger partial charge in [0.1, 0.15) is 12.4 Å². The molecule has 3 rings (SSSR count). The molecule has 0 aliphatic rings. The molecule has 1 heterocycles. The quantitative estimate of drug-likeness (QED) is 0.661. The first-order valence-electron chi connectivity index (χ1n) is 7.85. The Hall–Kier alpha value is -2.86. The highest BCUT2D eigenvalue weighted by Gasteiger charge is 2.08. The number of nitrogens with one attached hydrogen (secondary N) is 1. The van der Waals surface area contributed by atoms with Crippen LogP contribution in [-0.2, 0) is 0 Å². The molecule has 0 spiro atoms. The van der Waals surface area contributed by atoms with Crippen LogP contribution in [0.1, 0.15) is 15.4 Å². The molecule has 0 aliphatic heterocycles. The minimum Gasteiger partial charge on any atom is -0.544 e. The number of hydrogen-bond donors (Lipinski definition) is 1. The fourth-order valence-corrected chi connectivity index (χ4v) is 3.26. The molecule has 0 atom stereocenters. The lowest BCUT2D eigenvalue weighted by atomic mass is 10.1. The van der Waals surface area contributed by atoms with Crippen LogP contribution in [0.3, 0.4) is 0 Å². The molecule has 0 bridgehead atoms. The summed E-state index contributed by atoms with van der Waals surface area (Å²) in [6.07, 6.45) is 0. The fraction of sp³-hybridized carbons (Fsp3) is 0.158. The molecule has 6 heteroatoms. The van der Waals surface area contributed by atoms with E-state index in [1.165, 1.54) is 0 Å². The van der Waals surface area contributed by atoms with Crippen LogP contribution in [0.25, 0.3) is 11.1 Å². The predicted octanol–water partition coefficient (Wildman–Crippen LogP) is 2.97. The number of rotatable bonds is 7. The smallest absolute Gasteiger partial charge is 0.183 e. The van der Waals surface area contributed by atoms with E-state index < -0.39 is 5.97 Å². The molecule has 0 saturated carbocycles. The number of carbonyl (C=O) groups excluding carboxylic acids is 1. The van der Waals surface area contributed by atoms with Crippen LogP contribution in [0, 0.1) is 6.92 Å². The van der Waals surface area contributed by atoms with E-state index in [9.17, 15) is 9.90 Å². The maximum Gasteiger partial charge on any atom is 0.183 e. The zero-order valence-corrected chi connectivity index (χ0v) is 14.5. The van der Waals surface area contributed by atoms with Gasteiger partial charge in [-0.05, 0) is 18.6 Å². The molecule has 0 radical (unpaired) electrons. The molecule has 1 N–H and O–H groups in total. The van der Waals surface area contributed by atoms with Crippen LogP contribution in [0.15, 0.2) is 54.6 Å². The Bertz CT molecular complexity index is 862. The molecule has 0 unspecified atom stereocenters. The van der Waals surface area contributed by atoms with Gasteiger partial charge >= 0.3 is 0 Å². The van der Waals surface area contributed by atoms with Crippen LogP contribution in [0.4, 0.5) is 5.13 Å². The van der Waals surface area contributed by atoms with E-state index in [2.05, 4.69) is 10.3 Å². The molecule has 128 valence electrons. The van der Waals surface area contributed by atoms with Gasteiger partial charge in [-0.25, -0.2) is 4.98 Å². The second-order valence-corrected chi connectivity index (χ2v) is 6.36. The van der Waals surface area contributed by atoms with Gasteiger partial charge in [0.25, 0.3) is 0 Å². The number of anilines is 1. The van der Waals surface area contributed by atoms with Crippen molar-refractivity contribution in [2.24, 2.45) is 0 Å². The maximum atomic E-state index is 10.9. The second-order valence-electron chi connectivity index (χ2n) is 5.36. The molecule has 25 heavy (non-hydrogen) atoms. The first-order valence-corrected chi connectivity index (χ1v) is 8.66. The van der Waals surface area contributed by atoms with Gasteiger partial charge in [0.2, 0.25) is 0 Å². The van der Waals surface area contributed by atoms with Crippen molar-refractivity contribution in [2.45, 2.75) is 6.92 Å². The number of aromatic nitrogens is 1. The number of para-hydroxylation sites is 1. The van der Waals surface area contributed by atoms with Gasteiger partial charge in [0.05, 0.1) is 23.1 Å². The molecule has 0 aliphatic carbocycles. The SMILES string of the molecule is Cc1nc(NCCOc2ccccc2-c2ccccc2)sc1C(=O)[O-]. The van der Waals surface area contributed by atoms with Gasteiger partial charge in [-0.2, -0.15) is 0 Å². The summed E-state index contributed by atoms with van der Waals surface area (Å²) in [5.74, 6) is -0.391. The molecule has 0 fully saturated rings. The fourth-order valence-electron chi connectivity index (χ4n) is 2.43. The summed E-state index contributed by atoms with van der Waals surface area (Å²) in [5.41, 5.74) is 2.59. The molecule has 5 nitrogen and oxygen atoms in total. The molecular weight excluding hydrogens is 336 g/mol. The third-order valence-electron chi connectivity index (χ3n) is 3.59. The third-order valence-corrected chi connectivity index (χ3v) is 4.68. The van der Waals surface area contributed by atoms with Gasteiger partial charge in [-0.3, -0.25) is 0 Å². The van der Waals surface area contributed by atoms with E-state index in [0.29, 0.717) is 24.0 Å². The first kappa shape index (κ1) is 17.0. The Morgan fingerprint density at radius 2 is 1.88 bits per heavy atom. The standard InChI is InChI=1S/C19H18N2O3S/c1-13-17(18(22)23)25-19(21-13)20-11-12-24-16-10-6-5-9-15(16)14-7-3-2-4-8-14/h2-10H,11-12H2,1H3,(H,20,21)(H,22,23)/p-1. The lowest BCUT2D eigenvalue weighted by molar-refractivity contribution is -0.254. The summed E-state index contributed by atoms with van der Waals surface area (Å²) in [6.45, 7) is 2.60.